The number of carboxylic acid groups (broad SMARTS) is 1. The van der Waals surface area contributed by atoms with E-state index in [0.29, 0.717) is 6.54 Å². The highest BCUT2D eigenvalue weighted by molar-refractivity contribution is 5.71. The zero-order valence-electron chi connectivity index (χ0n) is 11.3. The van der Waals surface area contributed by atoms with Crippen LogP contribution in [-0.4, -0.2) is 34.7 Å². The molecule has 108 valence electrons. The average molecular weight is 277 g/mol. The van der Waals surface area contributed by atoms with E-state index in [1.165, 1.54) is 0 Å². The summed E-state index contributed by atoms with van der Waals surface area (Å²) in [5.74, 6) is -0.877. The van der Waals surface area contributed by atoms with Crippen molar-refractivity contribution in [2.24, 2.45) is 0 Å². The number of rotatable bonds is 4. The van der Waals surface area contributed by atoms with Crippen LogP contribution in [0.15, 0.2) is 30.3 Å². The highest BCUT2D eigenvalue weighted by Crippen LogP contribution is 2.21. The lowest BCUT2D eigenvalue weighted by atomic mass is 10.00. The first kappa shape index (κ1) is 14.4. The Hall–Kier alpha value is -2.04. The minimum absolute atomic E-state index is 0.0135. The molecule has 0 radical (unpaired) electrons. The van der Waals surface area contributed by atoms with E-state index >= 15 is 0 Å². The van der Waals surface area contributed by atoms with Crippen molar-refractivity contribution in [2.45, 2.75) is 38.3 Å². The van der Waals surface area contributed by atoms with Gasteiger partial charge in [0.15, 0.2) is 0 Å². The van der Waals surface area contributed by atoms with Gasteiger partial charge in [-0.3, -0.25) is 4.79 Å². The lowest BCUT2D eigenvalue weighted by Gasteiger charge is -2.34. The highest BCUT2D eigenvalue weighted by atomic mass is 16.6. The Morgan fingerprint density at radius 2 is 2.00 bits per heavy atom. The fraction of sp³-hybridized carbons (Fsp3) is 0.467. The summed E-state index contributed by atoms with van der Waals surface area (Å²) in [4.78, 5) is 24.5. The second-order valence-corrected chi connectivity index (χ2v) is 4.98. The number of likely N-dealkylation sites (tertiary alicyclic amines) is 1. The Morgan fingerprint density at radius 1 is 1.25 bits per heavy atom. The van der Waals surface area contributed by atoms with E-state index in [-0.39, 0.29) is 19.1 Å². The van der Waals surface area contributed by atoms with Crippen LogP contribution >= 0.6 is 0 Å². The van der Waals surface area contributed by atoms with Gasteiger partial charge >= 0.3 is 12.1 Å². The molecule has 0 aliphatic carbocycles. The molecule has 1 atom stereocenters. The van der Waals surface area contributed by atoms with Crippen LogP contribution in [0.3, 0.4) is 0 Å². The molecule has 1 saturated heterocycles. The number of amides is 1. The third-order valence-electron chi connectivity index (χ3n) is 3.48. The van der Waals surface area contributed by atoms with Crippen molar-refractivity contribution >= 4 is 12.1 Å². The molecule has 1 aliphatic heterocycles. The van der Waals surface area contributed by atoms with Crippen molar-refractivity contribution in [3.8, 4) is 0 Å². The number of carboxylic acids is 1. The predicted molar refractivity (Wildman–Crippen MR) is 73.2 cm³/mol. The van der Waals surface area contributed by atoms with Crippen LogP contribution < -0.4 is 0 Å². The van der Waals surface area contributed by atoms with Gasteiger partial charge in [-0.15, -0.1) is 0 Å². The summed E-state index contributed by atoms with van der Waals surface area (Å²) < 4.78 is 5.27. The molecule has 1 aliphatic rings. The summed E-state index contributed by atoms with van der Waals surface area (Å²) >= 11 is 0. The number of piperidine rings is 1. The highest BCUT2D eigenvalue weighted by Gasteiger charge is 2.29. The number of carbonyl (C=O) groups excluding carboxylic acids is 1. The molecule has 2 rings (SSSR count). The number of benzene rings is 1. The van der Waals surface area contributed by atoms with E-state index in [1.54, 1.807) is 4.90 Å². The average Bonchev–Trinajstić information content (AvgIpc) is 2.46. The number of aliphatic carboxylic acids is 1. The first-order chi connectivity index (χ1) is 9.66. The Labute approximate surface area is 118 Å². The first-order valence-corrected chi connectivity index (χ1v) is 6.86. The Kier molecular flexibility index (Phi) is 4.98. The van der Waals surface area contributed by atoms with Gasteiger partial charge in [0.2, 0.25) is 0 Å². The maximum atomic E-state index is 12.1. The number of hydrogen-bond acceptors (Lipinski definition) is 3. The number of ether oxygens (including phenoxy) is 1. The molecule has 0 aromatic heterocycles. The summed E-state index contributed by atoms with van der Waals surface area (Å²) in [6.45, 7) is 0.793. The molecular weight excluding hydrogens is 258 g/mol. The van der Waals surface area contributed by atoms with E-state index in [9.17, 15) is 9.59 Å². The zero-order chi connectivity index (χ0) is 14.4. The van der Waals surface area contributed by atoms with Crippen LogP contribution in [0.4, 0.5) is 4.79 Å². The largest absolute Gasteiger partial charge is 0.481 e. The van der Waals surface area contributed by atoms with E-state index in [1.807, 2.05) is 30.3 Å². The quantitative estimate of drug-likeness (QED) is 0.918. The monoisotopic (exact) mass is 277 g/mol. The second-order valence-electron chi connectivity index (χ2n) is 4.98. The fourth-order valence-corrected chi connectivity index (χ4v) is 2.46. The van der Waals surface area contributed by atoms with Crippen LogP contribution in [-0.2, 0) is 16.1 Å². The minimum atomic E-state index is -0.877. The van der Waals surface area contributed by atoms with E-state index < -0.39 is 12.1 Å². The van der Waals surface area contributed by atoms with Crippen molar-refractivity contribution < 1.29 is 19.4 Å². The van der Waals surface area contributed by atoms with Crippen LogP contribution in [0.2, 0.25) is 0 Å². The third-order valence-corrected chi connectivity index (χ3v) is 3.48. The number of hydrogen-bond donors (Lipinski definition) is 1. The summed E-state index contributed by atoms with van der Waals surface area (Å²) in [6.07, 6.45) is 2.16. The molecule has 5 heteroatoms. The molecule has 1 aromatic rings. The summed E-state index contributed by atoms with van der Waals surface area (Å²) in [5, 5.41) is 8.89. The normalized spacial score (nSPS) is 18.6. The van der Waals surface area contributed by atoms with E-state index in [0.717, 1.165) is 24.8 Å². The van der Waals surface area contributed by atoms with E-state index in [4.69, 9.17) is 9.84 Å². The number of carbonyl (C=O) groups is 2. The van der Waals surface area contributed by atoms with Gasteiger partial charge in [-0.25, -0.2) is 4.79 Å². The standard InChI is InChI=1S/C15H19NO4/c17-14(18)10-13-8-4-5-9-16(13)15(19)20-11-12-6-2-1-3-7-12/h1-3,6-7,13H,4-5,8-11H2,(H,17,18). The van der Waals surface area contributed by atoms with Gasteiger partial charge in [-0.2, -0.15) is 0 Å². The van der Waals surface area contributed by atoms with Gasteiger partial charge < -0.3 is 14.7 Å². The van der Waals surface area contributed by atoms with Crippen molar-refractivity contribution in [1.29, 1.82) is 0 Å². The SMILES string of the molecule is O=C(O)CC1CCCCN1C(=O)OCc1ccccc1. The summed E-state index contributed by atoms with van der Waals surface area (Å²) in [5.41, 5.74) is 0.924. The number of nitrogens with zero attached hydrogens (tertiary/aromatic N) is 1. The maximum Gasteiger partial charge on any atom is 0.410 e. The molecule has 1 heterocycles. The molecule has 0 bridgehead atoms. The Balaban J connectivity index is 1.90. The molecule has 1 N–H and O–H groups in total. The second kappa shape index (κ2) is 6.93. The minimum Gasteiger partial charge on any atom is -0.481 e. The van der Waals surface area contributed by atoms with Gasteiger partial charge in [0.05, 0.1) is 6.42 Å². The molecule has 1 amide bonds. The molecule has 0 saturated carbocycles. The first-order valence-electron chi connectivity index (χ1n) is 6.86. The molecule has 1 aromatic carbocycles. The van der Waals surface area contributed by atoms with Crippen LogP contribution in [0.1, 0.15) is 31.2 Å². The van der Waals surface area contributed by atoms with Gasteiger partial charge in [0.25, 0.3) is 0 Å². The fourth-order valence-electron chi connectivity index (χ4n) is 2.46. The smallest absolute Gasteiger partial charge is 0.410 e. The molecule has 5 nitrogen and oxygen atoms in total. The summed E-state index contributed by atoms with van der Waals surface area (Å²) in [6, 6.07) is 9.20. The van der Waals surface area contributed by atoms with Gasteiger partial charge in [-0.05, 0) is 24.8 Å². The molecule has 1 unspecified atom stereocenters. The molecule has 1 fully saturated rings. The van der Waals surface area contributed by atoms with Crippen LogP contribution in [0.5, 0.6) is 0 Å². The van der Waals surface area contributed by atoms with Crippen LogP contribution in [0.25, 0.3) is 0 Å². The van der Waals surface area contributed by atoms with Gasteiger partial charge in [0.1, 0.15) is 6.61 Å². The lowest BCUT2D eigenvalue weighted by molar-refractivity contribution is -0.138. The zero-order valence-corrected chi connectivity index (χ0v) is 11.3. The molecular formula is C15H19NO4. The van der Waals surface area contributed by atoms with Crippen molar-refractivity contribution in [2.75, 3.05) is 6.54 Å². The lowest BCUT2D eigenvalue weighted by Crippen LogP contribution is -2.44. The topological polar surface area (TPSA) is 66.8 Å². The Morgan fingerprint density at radius 3 is 2.70 bits per heavy atom. The van der Waals surface area contributed by atoms with E-state index in [2.05, 4.69) is 0 Å². The molecule has 0 spiro atoms. The van der Waals surface area contributed by atoms with Gasteiger partial charge in [-0.1, -0.05) is 30.3 Å². The molecule has 20 heavy (non-hydrogen) atoms. The van der Waals surface area contributed by atoms with Crippen molar-refractivity contribution in [1.82, 2.24) is 4.90 Å². The van der Waals surface area contributed by atoms with Crippen LogP contribution in [0, 0.1) is 0 Å². The Bertz CT molecular complexity index is 460. The van der Waals surface area contributed by atoms with Crippen molar-refractivity contribution in [3.63, 3.8) is 0 Å². The summed E-state index contributed by atoms with van der Waals surface area (Å²) in [7, 11) is 0. The van der Waals surface area contributed by atoms with Crippen molar-refractivity contribution in [3.05, 3.63) is 35.9 Å². The maximum absolute atomic E-state index is 12.1. The van der Waals surface area contributed by atoms with Gasteiger partial charge in [0, 0.05) is 12.6 Å². The predicted octanol–water partition coefficient (Wildman–Crippen LogP) is 2.65. The third kappa shape index (κ3) is 3.98.